The quantitative estimate of drug-likeness (QED) is 0.247. The topological polar surface area (TPSA) is 66.4 Å². The minimum atomic E-state index is -2.36. The van der Waals surface area contributed by atoms with Gasteiger partial charge in [-0.1, -0.05) is 0 Å². The van der Waals surface area contributed by atoms with Crippen LogP contribution in [0, 0.1) is 0 Å². The van der Waals surface area contributed by atoms with E-state index >= 15 is 0 Å². The predicted molar refractivity (Wildman–Crippen MR) is 30.4 cm³/mol. The van der Waals surface area contributed by atoms with E-state index in [2.05, 4.69) is 4.74 Å². The van der Waals surface area contributed by atoms with Crippen LogP contribution in [0.4, 0.5) is 0 Å². The van der Waals surface area contributed by atoms with E-state index in [1.54, 1.807) is 0 Å². The zero-order chi connectivity index (χ0) is 7.44. The number of ether oxygens (including phenoxy) is 1. The molecule has 0 aromatic heterocycles. The monoisotopic (exact) mass is 174 g/mol. The Balaban J connectivity index is 0. The van der Waals surface area contributed by atoms with E-state index < -0.39 is 22.3 Å². The number of rotatable bonds is 2. The van der Waals surface area contributed by atoms with Crippen molar-refractivity contribution in [1.29, 1.82) is 0 Å². The first-order chi connectivity index (χ1) is 4.09. The molecule has 54 valence electrons. The summed E-state index contributed by atoms with van der Waals surface area (Å²) in [5.74, 6) is -0.733. The Morgan fingerprint density at radius 1 is 1.70 bits per heavy atom. The second-order valence-electron chi connectivity index (χ2n) is 1.43. The van der Waals surface area contributed by atoms with Gasteiger partial charge in [-0.05, 0) is 18.0 Å². The van der Waals surface area contributed by atoms with Gasteiger partial charge in [0, 0.05) is 0 Å². The van der Waals surface area contributed by atoms with E-state index in [9.17, 15) is 13.6 Å². The van der Waals surface area contributed by atoms with Gasteiger partial charge in [-0.3, -0.25) is 9.00 Å². The molecule has 0 saturated heterocycles. The summed E-state index contributed by atoms with van der Waals surface area (Å²) < 4.78 is 24.1. The van der Waals surface area contributed by atoms with Gasteiger partial charge < -0.3 is 9.29 Å². The van der Waals surface area contributed by atoms with Crippen LogP contribution in [0.2, 0.25) is 0 Å². The van der Waals surface area contributed by atoms with Crippen LogP contribution in [0.25, 0.3) is 0 Å². The zero-order valence-electron chi connectivity index (χ0n) is 6.12. The average Bonchev–Trinajstić information content (AvgIpc) is 1.84. The molecule has 0 aliphatic rings. The maximum Gasteiger partial charge on any atom is 1.00 e. The summed E-state index contributed by atoms with van der Waals surface area (Å²) >= 11 is -2.36. The van der Waals surface area contributed by atoms with Gasteiger partial charge in [-0.25, -0.2) is 0 Å². The van der Waals surface area contributed by atoms with Crippen LogP contribution in [0.5, 0.6) is 0 Å². The van der Waals surface area contributed by atoms with Gasteiger partial charge >= 0.3 is 35.5 Å². The van der Waals surface area contributed by atoms with Crippen LogP contribution in [0.15, 0.2) is 0 Å². The molecule has 0 N–H and O–H groups in total. The van der Waals surface area contributed by atoms with Crippen molar-refractivity contribution in [3.05, 3.63) is 0 Å². The van der Waals surface area contributed by atoms with Crippen LogP contribution in [0.1, 0.15) is 6.92 Å². The Kier molecular flexibility index (Phi) is 8.31. The fraction of sp³-hybridized carbons (Fsp3) is 0.750. The second kappa shape index (κ2) is 6.30. The Morgan fingerprint density at radius 2 is 2.10 bits per heavy atom. The van der Waals surface area contributed by atoms with Crippen molar-refractivity contribution < 1.29 is 47.9 Å². The van der Waals surface area contributed by atoms with Crippen LogP contribution < -0.4 is 29.6 Å². The van der Waals surface area contributed by atoms with Crippen molar-refractivity contribution in [2.75, 3.05) is 7.11 Å². The first kappa shape index (κ1) is 13.2. The van der Waals surface area contributed by atoms with E-state index in [0.717, 1.165) is 7.11 Å². The molecule has 0 aliphatic heterocycles. The molecule has 10 heavy (non-hydrogen) atoms. The molecule has 0 fully saturated rings. The van der Waals surface area contributed by atoms with Crippen LogP contribution in [-0.2, 0) is 20.6 Å². The molecule has 2 atom stereocenters. The smallest absolute Gasteiger partial charge is 0.772 e. The van der Waals surface area contributed by atoms with Crippen molar-refractivity contribution in [2.24, 2.45) is 0 Å². The molecule has 0 aliphatic carbocycles. The molecule has 4 nitrogen and oxygen atoms in total. The molecule has 0 saturated carbocycles. The average molecular weight is 174 g/mol. The minimum Gasteiger partial charge on any atom is -0.772 e. The van der Waals surface area contributed by atoms with Gasteiger partial charge in [-0.2, -0.15) is 0 Å². The molecular weight excluding hydrogens is 167 g/mol. The Hall–Kier alpha value is 0.580. The van der Waals surface area contributed by atoms with E-state index in [-0.39, 0.29) is 29.6 Å². The molecule has 0 rings (SSSR count). The number of carbonyl (C=O) groups excluding carboxylic acids is 1. The Morgan fingerprint density at radius 3 is 2.20 bits per heavy atom. The van der Waals surface area contributed by atoms with Crippen LogP contribution >= 0.6 is 0 Å². The predicted octanol–water partition coefficient (Wildman–Crippen LogP) is -3.57. The van der Waals surface area contributed by atoms with Gasteiger partial charge in [0.05, 0.1) is 7.11 Å². The second-order valence-corrected chi connectivity index (χ2v) is 2.65. The molecule has 0 aromatic rings. The number of methoxy groups -OCH3 is 1. The molecule has 6 heteroatoms. The summed E-state index contributed by atoms with van der Waals surface area (Å²) in [6.45, 7) is 1.26. The maximum absolute atomic E-state index is 10.3. The summed E-state index contributed by atoms with van der Waals surface area (Å²) in [6, 6.07) is 0. The third kappa shape index (κ3) is 4.40. The minimum absolute atomic E-state index is 0. The van der Waals surface area contributed by atoms with Crippen molar-refractivity contribution in [2.45, 2.75) is 12.2 Å². The largest absolute Gasteiger partial charge is 1.00 e. The first-order valence-electron chi connectivity index (χ1n) is 2.25. The summed E-state index contributed by atoms with van der Waals surface area (Å²) in [5.41, 5.74) is 0. The summed E-state index contributed by atoms with van der Waals surface area (Å²) in [4.78, 5) is 10.3. The van der Waals surface area contributed by atoms with Gasteiger partial charge in [-0.15, -0.1) is 0 Å². The summed E-state index contributed by atoms with van der Waals surface area (Å²) in [7, 11) is 1.14. The maximum atomic E-state index is 10.3. The SMILES string of the molecule is COC(=O)C(C)S(=O)[O-].[Na+]. The van der Waals surface area contributed by atoms with E-state index in [0.29, 0.717) is 0 Å². The summed E-state index contributed by atoms with van der Waals surface area (Å²) in [6.07, 6.45) is 0. The number of hydrogen-bond acceptors (Lipinski definition) is 4. The third-order valence-electron chi connectivity index (χ3n) is 0.822. The van der Waals surface area contributed by atoms with Crippen molar-refractivity contribution in [3.63, 3.8) is 0 Å². The number of carbonyl (C=O) groups is 1. The molecule has 0 aromatic carbocycles. The van der Waals surface area contributed by atoms with Crippen LogP contribution in [-0.4, -0.2) is 27.1 Å². The number of hydrogen-bond donors (Lipinski definition) is 0. The summed E-state index contributed by atoms with van der Waals surface area (Å²) in [5, 5.41) is -1.06. The molecule has 0 spiro atoms. The Bertz CT molecular complexity index is 137. The molecular formula is C4H7NaO4S. The van der Waals surface area contributed by atoms with Gasteiger partial charge in [0.25, 0.3) is 0 Å². The number of esters is 1. The fourth-order valence-electron chi connectivity index (χ4n) is 0.245. The van der Waals surface area contributed by atoms with Gasteiger partial charge in [0.15, 0.2) is 0 Å². The van der Waals surface area contributed by atoms with E-state index in [1.165, 1.54) is 6.92 Å². The van der Waals surface area contributed by atoms with Gasteiger partial charge in [0.2, 0.25) is 0 Å². The third-order valence-corrected chi connectivity index (χ3v) is 1.59. The normalized spacial score (nSPS) is 14.7. The first-order valence-corrected chi connectivity index (χ1v) is 3.39. The van der Waals surface area contributed by atoms with Crippen molar-refractivity contribution >= 4 is 17.0 Å². The molecule has 0 bridgehead atoms. The Labute approximate surface area is 83.9 Å². The van der Waals surface area contributed by atoms with E-state index in [1.807, 2.05) is 0 Å². The standard InChI is InChI=1S/C4H8O4S.Na/c1-3(9(6)7)4(5)8-2;/h3H,1-2H3,(H,6,7);/q;+1/p-1. The molecule has 2 unspecified atom stereocenters. The molecule has 0 radical (unpaired) electrons. The van der Waals surface area contributed by atoms with Crippen LogP contribution in [0.3, 0.4) is 0 Å². The fourth-order valence-corrected chi connectivity index (χ4v) is 0.498. The van der Waals surface area contributed by atoms with Gasteiger partial charge in [0.1, 0.15) is 5.25 Å². The molecule has 0 heterocycles. The zero-order valence-corrected chi connectivity index (χ0v) is 8.94. The molecule has 0 amide bonds. The van der Waals surface area contributed by atoms with E-state index in [4.69, 9.17) is 0 Å². The van der Waals surface area contributed by atoms with Crippen molar-refractivity contribution in [1.82, 2.24) is 0 Å². The van der Waals surface area contributed by atoms with Crippen molar-refractivity contribution in [3.8, 4) is 0 Å².